The Bertz CT molecular complexity index is 1800. The zero-order valence-corrected chi connectivity index (χ0v) is 19.4. The molecule has 2 heterocycles. The zero-order chi connectivity index (χ0) is 23.4. The first-order valence-electron chi connectivity index (χ1n) is 11.4. The van der Waals surface area contributed by atoms with Crippen LogP contribution in [0.15, 0.2) is 89.5 Å². The first kappa shape index (κ1) is 20.2. The summed E-state index contributed by atoms with van der Waals surface area (Å²) in [6, 6.07) is 29.7. The molecule has 34 heavy (non-hydrogen) atoms. The van der Waals surface area contributed by atoms with Crippen molar-refractivity contribution in [1.82, 2.24) is 0 Å². The zero-order valence-electron chi connectivity index (χ0n) is 19.4. The van der Waals surface area contributed by atoms with Crippen LogP contribution >= 0.6 is 0 Å². The van der Waals surface area contributed by atoms with Gasteiger partial charge in [0, 0.05) is 28.5 Å². The van der Waals surface area contributed by atoms with E-state index in [1.165, 1.54) is 10.9 Å². The van der Waals surface area contributed by atoms with E-state index < -0.39 is 0 Å². The molecule has 0 spiro atoms. The number of aryl methyl sites for hydroxylation is 3. The molecule has 3 nitrogen and oxygen atoms in total. The lowest BCUT2D eigenvalue weighted by Crippen LogP contribution is -2.30. The molecule has 0 amide bonds. The third-order valence-electron chi connectivity index (χ3n) is 6.75. The second-order valence-electron chi connectivity index (χ2n) is 8.97. The Labute approximate surface area is 198 Å². The predicted molar refractivity (Wildman–Crippen MR) is 137 cm³/mol. The van der Waals surface area contributed by atoms with Crippen molar-refractivity contribution in [3.63, 3.8) is 0 Å². The molecule has 0 fully saturated rings. The minimum atomic E-state index is 0.571. The van der Waals surface area contributed by atoms with Crippen molar-refractivity contribution >= 4 is 32.7 Å². The fourth-order valence-corrected chi connectivity index (χ4v) is 4.95. The number of fused-ring (bicyclic) bond motifs is 4. The van der Waals surface area contributed by atoms with Crippen molar-refractivity contribution in [3.8, 4) is 28.5 Å². The van der Waals surface area contributed by atoms with Gasteiger partial charge in [0.2, 0.25) is 5.69 Å². The van der Waals surface area contributed by atoms with Gasteiger partial charge in [-0.25, -0.2) is 4.57 Å². The van der Waals surface area contributed by atoms with Crippen LogP contribution in [-0.4, -0.2) is 0 Å². The number of hydrogen-bond acceptors (Lipinski definition) is 2. The minimum Gasteiger partial charge on any atom is -0.454 e. The Morgan fingerprint density at radius 3 is 2.38 bits per heavy atom. The molecule has 0 radical (unpaired) electrons. The van der Waals surface area contributed by atoms with Gasteiger partial charge in [-0.05, 0) is 53.4 Å². The first-order chi connectivity index (χ1) is 16.5. The van der Waals surface area contributed by atoms with Gasteiger partial charge in [0.15, 0.2) is 11.8 Å². The second kappa shape index (κ2) is 7.57. The Balaban J connectivity index is 1.66. The van der Waals surface area contributed by atoms with Gasteiger partial charge in [0.1, 0.15) is 24.3 Å². The average Bonchev–Trinajstić information content (AvgIpc) is 3.23. The van der Waals surface area contributed by atoms with E-state index in [0.717, 1.165) is 49.7 Å². The number of aromatic nitrogens is 1. The lowest BCUT2D eigenvalue weighted by Gasteiger charge is -2.07. The minimum absolute atomic E-state index is 0.571. The summed E-state index contributed by atoms with van der Waals surface area (Å²) in [4.78, 5) is 0. The maximum absolute atomic E-state index is 10.2. The fourth-order valence-electron chi connectivity index (χ4n) is 4.95. The fraction of sp³-hybridized carbons (Fsp3) is 0.0968. The molecule has 0 aliphatic carbocycles. The van der Waals surface area contributed by atoms with Gasteiger partial charge in [0.05, 0.1) is 5.56 Å². The summed E-state index contributed by atoms with van der Waals surface area (Å²) in [7, 11) is 2.05. The van der Waals surface area contributed by atoms with E-state index in [9.17, 15) is 5.26 Å². The molecule has 6 rings (SSSR count). The standard InChI is InChI=1S/C31H23N2O/c1-19-14-15-33(3)28(16-19)29-20(2)8-11-26-25-13-12-24(27(18-32)30(25)34-31(26)29)23-10-9-21-6-4-5-7-22(21)17-23/h4-17H,1-3H3/q+1. The highest BCUT2D eigenvalue weighted by molar-refractivity contribution is 6.12. The van der Waals surface area contributed by atoms with Gasteiger partial charge in [0.25, 0.3) is 0 Å². The molecule has 0 aliphatic heterocycles. The van der Waals surface area contributed by atoms with Crippen LogP contribution in [0, 0.1) is 25.2 Å². The normalized spacial score (nSPS) is 11.4. The summed E-state index contributed by atoms with van der Waals surface area (Å²) < 4.78 is 8.67. The van der Waals surface area contributed by atoms with Gasteiger partial charge in [-0.2, -0.15) is 5.26 Å². The third-order valence-corrected chi connectivity index (χ3v) is 6.75. The van der Waals surface area contributed by atoms with E-state index in [4.69, 9.17) is 4.42 Å². The predicted octanol–water partition coefficient (Wildman–Crippen LogP) is 7.39. The molecule has 2 aromatic heterocycles. The van der Waals surface area contributed by atoms with Crippen LogP contribution in [0.25, 0.3) is 55.1 Å². The molecule has 0 bridgehead atoms. The monoisotopic (exact) mass is 439 g/mol. The molecule has 6 aromatic rings. The second-order valence-corrected chi connectivity index (χ2v) is 8.97. The number of rotatable bonds is 2. The number of benzene rings is 4. The molecule has 0 saturated heterocycles. The summed E-state index contributed by atoms with van der Waals surface area (Å²) in [6.45, 7) is 4.21. The van der Waals surface area contributed by atoms with Gasteiger partial charge in [-0.1, -0.05) is 54.6 Å². The highest BCUT2D eigenvalue weighted by Crippen LogP contribution is 2.40. The molecule has 4 aromatic carbocycles. The quantitative estimate of drug-likeness (QED) is 0.264. The maximum atomic E-state index is 10.2. The Hall–Kier alpha value is -4.42. The van der Waals surface area contributed by atoms with Gasteiger partial charge < -0.3 is 4.42 Å². The van der Waals surface area contributed by atoms with Crippen molar-refractivity contribution < 1.29 is 8.98 Å². The lowest BCUT2D eigenvalue weighted by molar-refractivity contribution is -0.660. The highest BCUT2D eigenvalue weighted by Gasteiger charge is 2.23. The van der Waals surface area contributed by atoms with Crippen LogP contribution in [0.4, 0.5) is 0 Å². The van der Waals surface area contributed by atoms with Crippen LogP contribution in [0.1, 0.15) is 16.7 Å². The van der Waals surface area contributed by atoms with Crippen molar-refractivity contribution in [2.24, 2.45) is 7.05 Å². The van der Waals surface area contributed by atoms with Crippen LogP contribution in [0.3, 0.4) is 0 Å². The first-order valence-corrected chi connectivity index (χ1v) is 11.4. The summed E-state index contributed by atoms with van der Waals surface area (Å²) in [6.07, 6.45) is 2.07. The molecule has 0 saturated carbocycles. The Morgan fingerprint density at radius 2 is 1.56 bits per heavy atom. The van der Waals surface area contributed by atoms with E-state index in [-0.39, 0.29) is 0 Å². The van der Waals surface area contributed by atoms with Crippen LogP contribution in [-0.2, 0) is 7.05 Å². The van der Waals surface area contributed by atoms with Crippen LogP contribution in [0.2, 0.25) is 0 Å². The molecule has 0 atom stereocenters. The number of nitriles is 1. The number of pyridine rings is 1. The summed E-state index contributed by atoms with van der Waals surface area (Å²) >= 11 is 0. The SMILES string of the molecule is Cc1cc[n+](C)c(-c2c(C)ccc3c2oc2c(C#N)c(-c4ccc5ccccc5c4)ccc23)c1. The Kier molecular flexibility index (Phi) is 4.50. The third kappa shape index (κ3) is 3.00. The summed E-state index contributed by atoms with van der Waals surface area (Å²) in [5.74, 6) is 0. The van der Waals surface area contributed by atoms with E-state index in [2.05, 4.69) is 91.3 Å². The number of furan rings is 1. The molecule has 0 unspecified atom stereocenters. The van der Waals surface area contributed by atoms with Gasteiger partial charge in [-0.3, -0.25) is 0 Å². The van der Waals surface area contributed by atoms with Crippen molar-refractivity contribution in [3.05, 3.63) is 102 Å². The summed E-state index contributed by atoms with van der Waals surface area (Å²) in [5, 5.41) is 14.5. The van der Waals surface area contributed by atoms with Crippen molar-refractivity contribution in [1.29, 1.82) is 5.26 Å². The number of hydrogen-bond donors (Lipinski definition) is 0. The molecule has 0 aliphatic rings. The summed E-state index contributed by atoms with van der Waals surface area (Å²) in [5.41, 5.74) is 8.43. The maximum Gasteiger partial charge on any atom is 0.216 e. The van der Waals surface area contributed by atoms with E-state index in [1.807, 2.05) is 25.2 Å². The Morgan fingerprint density at radius 1 is 0.794 bits per heavy atom. The van der Waals surface area contributed by atoms with Crippen molar-refractivity contribution in [2.45, 2.75) is 13.8 Å². The lowest BCUT2D eigenvalue weighted by atomic mass is 9.95. The molecule has 162 valence electrons. The molecular formula is C31H23N2O+. The molecule has 3 heteroatoms. The average molecular weight is 440 g/mol. The number of nitrogens with zero attached hydrogens (tertiary/aromatic N) is 2. The molecular weight excluding hydrogens is 416 g/mol. The van der Waals surface area contributed by atoms with Crippen molar-refractivity contribution in [2.75, 3.05) is 0 Å². The van der Waals surface area contributed by atoms with E-state index in [0.29, 0.717) is 11.1 Å². The molecule has 0 N–H and O–H groups in total. The van der Waals surface area contributed by atoms with Gasteiger partial charge >= 0.3 is 0 Å². The topological polar surface area (TPSA) is 40.8 Å². The highest BCUT2D eigenvalue weighted by atomic mass is 16.3. The largest absolute Gasteiger partial charge is 0.454 e. The smallest absolute Gasteiger partial charge is 0.216 e. The van der Waals surface area contributed by atoms with Gasteiger partial charge in [-0.15, -0.1) is 0 Å². The van der Waals surface area contributed by atoms with E-state index in [1.54, 1.807) is 0 Å². The van der Waals surface area contributed by atoms with E-state index >= 15 is 0 Å². The van der Waals surface area contributed by atoms with Crippen LogP contribution < -0.4 is 4.57 Å². The van der Waals surface area contributed by atoms with Crippen LogP contribution in [0.5, 0.6) is 0 Å².